The van der Waals surface area contributed by atoms with Gasteiger partial charge in [-0.15, -0.1) is 0 Å². The molecule has 1 N–H and O–H groups in total. The summed E-state index contributed by atoms with van der Waals surface area (Å²) in [6, 6.07) is 0.462. The Labute approximate surface area is 98.2 Å². The van der Waals surface area contributed by atoms with Crippen LogP contribution in [0, 0.1) is 13.8 Å². The quantitative estimate of drug-likeness (QED) is 0.831. The molecule has 0 aliphatic carbocycles. The highest BCUT2D eigenvalue weighted by Crippen LogP contribution is 2.29. The van der Waals surface area contributed by atoms with E-state index in [0.29, 0.717) is 12.0 Å². The summed E-state index contributed by atoms with van der Waals surface area (Å²) >= 11 is 0. The molecule has 90 valence electrons. The second-order valence-corrected chi connectivity index (χ2v) is 5.17. The molecule has 0 radical (unpaired) electrons. The number of nitrogens with one attached hydrogen (secondary N) is 1. The fraction of sp³-hybridized carbons (Fsp3) is 0.769. The van der Waals surface area contributed by atoms with Gasteiger partial charge in [-0.25, -0.2) is 0 Å². The lowest BCUT2D eigenvalue weighted by Crippen LogP contribution is -2.29. The van der Waals surface area contributed by atoms with Crippen molar-refractivity contribution in [1.82, 2.24) is 15.1 Å². The number of rotatable bonds is 2. The average Bonchev–Trinajstić information content (AvgIpc) is 2.56. The van der Waals surface area contributed by atoms with E-state index in [0.717, 1.165) is 6.54 Å². The lowest BCUT2D eigenvalue weighted by atomic mass is 9.90. The van der Waals surface area contributed by atoms with Crippen LogP contribution in [0.2, 0.25) is 0 Å². The average molecular weight is 221 g/mol. The SMILES string of the molecule is Cc1nn(C(C)C)c(C)c1C1CCCNC1. The molecule has 1 saturated heterocycles. The number of aromatic nitrogens is 2. The second-order valence-electron chi connectivity index (χ2n) is 5.17. The van der Waals surface area contributed by atoms with Crippen molar-refractivity contribution in [2.75, 3.05) is 13.1 Å². The van der Waals surface area contributed by atoms with Crippen molar-refractivity contribution in [3.63, 3.8) is 0 Å². The van der Waals surface area contributed by atoms with Gasteiger partial charge in [0.05, 0.1) is 5.69 Å². The standard InChI is InChI=1S/C13H23N3/c1-9(2)16-11(4)13(10(3)15-16)12-6-5-7-14-8-12/h9,12,14H,5-8H2,1-4H3. The third-order valence-electron chi connectivity index (χ3n) is 3.58. The van der Waals surface area contributed by atoms with Gasteiger partial charge in [-0.05, 0) is 47.1 Å². The Kier molecular flexibility index (Phi) is 3.33. The van der Waals surface area contributed by atoms with Crippen molar-refractivity contribution in [2.24, 2.45) is 0 Å². The summed E-state index contributed by atoms with van der Waals surface area (Å²) < 4.78 is 2.17. The number of piperidine rings is 1. The molecule has 1 aromatic heterocycles. The molecule has 3 heteroatoms. The topological polar surface area (TPSA) is 29.9 Å². The molecule has 0 saturated carbocycles. The van der Waals surface area contributed by atoms with E-state index in [2.05, 4.69) is 42.8 Å². The van der Waals surface area contributed by atoms with E-state index in [4.69, 9.17) is 0 Å². The maximum absolute atomic E-state index is 4.67. The zero-order valence-electron chi connectivity index (χ0n) is 10.9. The number of hydrogen-bond donors (Lipinski definition) is 1. The summed E-state index contributed by atoms with van der Waals surface area (Å²) in [7, 11) is 0. The maximum atomic E-state index is 4.67. The van der Waals surface area contributed by atoms with Crippen LogP contribution in [0.1, 0.15) is 55.6 Å². The Morgan fingerprint density at radius 3 is 2.62 bits per heavy atom. The second kappa shape index (κ2) is 4.58. The Morgan fingerprint density at radius 1 is 1.38 bits per heavy atom. The highest BCUT2D eigenvalue weighted by atomic mass is 15.3. The third kappa shape index (κ3) is 2.01. The molecule has 1 atom stereocenters. The lowest BCUT2D eigenvalue weighted by Gasteiger charge is -2.23. The van der Waals surface area contributed by atoms with Gasteiger partial charge >= 0.3 is 0 Å². The van der Waals surface area contributed by atoms with Crippen LogP contribution in [-0.4, -0.2) is 22.9 Å². The van der Waals surface area contributed by atoms with Gasteiger partial charge in [0.1, 0.15) is 0 Å². The first-order chi connectivity index (χ1) is 7.61. The van der Waals surface area contributed by atoms with Crippen LogP contribution < -0.4 is 5.32 Å². The minimum absolute atomic E-state index is 0.462. The van der Waals surface area contributed by atoms with Crippen LogP contribution in [0.15, 0.2) is 0 Å². The van der Waals surface area contributed by atoms with Crippen LogP contribution in [-0.2, 0) is 0 Å². The molecular weight excluding hydrogens is 198 g/mol. The lowest BCUT2D eigenvalue weighted by molar-refractivity contribution is 0.457. The van der Waals surface area contributed by atoms with Gasteiger partial charge in [0.2, 0.25) is 0 Å². The summed E-state index contributed by atoms with van der Waals surface area (Å²) in [5, 5.41) is 8.16. The van der Waals surface area contributed by atoms with Crippen LogP contribution in [0.4, 0.5) is 0 Å². The minimum Gasteiger partial charge on any atom is -0.316 e. The first kappa shape index (κ1) is 11.6. The molecule has 1 fully saturated rings. The van der Waals surface area contributed by atoms with Crippen molar-refractivity contribution in [3.8, 4) is 0 Å². The molecule has 1 aliphatic heterocycles. The molecule has 1 aliphatic rings. The predicted molar refractivity (Wildman–Crippen MR) is 66.9 cm³/mol. The summed E-state index contributed by atoms with van der Waals surface area (Å²) in [6.07, 6.45) is 2.59. The predicted octanol–water partition coefficient (Wildman–Crippen LogP) is 2.55. The van der Waals surface area contributed by atoms with Crippen molar-refractivity contribution < 1.29 is 0 Å². The fourth-order valence-electron chi connectivity index (χ4n) is 2.87. The van der Waals surface area contributed by atoms with E-state index in [1.54, 1.807) is 0 Å². The first-order valence-electron chi connectivity index (χ1n) is 6.37. The Bertz CT molecular complexity index is 359. The molecule has 0 amide bonds. The van der Waals surface area contributed by atoms with Crippen molar-refractivity contribution in [2.45, 2.75) is 52.5 Å². The Morgan fingerprint density at radius 2 is 2.12 bits per heavy atom. The normalized spacial score (nSPS) is 21.7. The zero-order chi connectivity index (χ0) is 11.7. The molecule has 1 aromatic rings. The molecular formula is C13H23N3. The van der Waals surface area contributed by atoms with E-state index >= 15 is 0 Å². The molecule has 16 heavy (non-hydrogen) atoms. The molecule has 3 nitrogen and oxygen atoms in total. The minimum atomic E-state index is 0.462. The Balaban J connectivity index is 2.32. The van der Waals surface area contributed by atoms with Gasteiger partial charge in [-0.3, -0.25) is 4.68 Å². The van der Waals surface area contributed by atoms with Crippen molar-refractivity contribution >= 4 is 0 Å². The summed E-state index contributed by atoms with van der Waals surface area (Å²) in [5.41, 5.74) is 4.07. The number of aryl methyl sites for hydroxylation is 1. The third-order valence-corrected chi connectivity index (χ3v) is 3.58. The monoisotopic (exact) mass is 221 g/mol. The van der Waals surface area contributed by atoms with Crippen molar-refractivity contribution in [3.05, 3.63) is 17.0 Å². The van der Waals surface area contributed by atoms with Gasteiger partial charge in [-0.1, -0.05) is 0 Å². The molecule has 0 aromatic carbocycles. The summed E-state index contributed by atoms with van der Waals surface area (Å²) in [6.45, 7) is 11.0. The van der Waals surface area contributed by atoms with Gasteiger partial charge in [0.25, 0.3) is 0 Å². The van der Waals surface area contributed by atoms with Crippen LogP contribution in [0.25, 0.3) is 0 Å². The number of hydrogen-bond acceptors (Lipinski definition) is 2. The summed E-state index contributed by atoms with van der Waals surface area (Å²) in [5.74, 6) is 0.668. The molecule has 2 heterocycles. The zero-order valence-corrected chi connectivity index (χ0v) is 10.9. The maximum Gasteiger partial charge on any atom is 0.0631 e. The van der Waals surface area contributed by atoms with E-state index in [1.807, 2.05) is 0 Å². The highest BCUT2D eigenvalue weighted by molar-refractivity contribution is 5.29. The van der Waals surface area contributed by atoms with Crippen LogP contribution >= 0.6 is 0 Å². The fourth-order valence-corrected chi connectivity index (χ4v) is 2.87. The Hall–Kier alpha value is -0.830. The van der Waals surface area contributed by atoms with E-state index in [9.17, 15) is 0 Å². The molecule has 0 spiro atoms. The van der Waals surface area contributed by atoms with Gasteiger partial charge in [-0.2, -0.15) is 5.10 Å². The molecule has 0 bridgehead atoms. The van der Waals surface area contributed by atoms with E-state index in [1.165, 1.54) is 36.3 Å². The number of nitrogens with zero attached hydrogens (tertiary/aromatic N) is 2. The molecule has 2 rings (SSSR count). The highest BCUT2D eigenvalue weighted by Gasteiger charge is 2.23. The molecule has 1 unspecified atom stereocenters. The van der Waals surface area contributed by atoms with Crippen LogP contribution in [0.3, 0.4) is 0 Å². The smallest absolute Gasteiger partial charge is 0.0631 e. The van der Waals surface area contributed by atoms with Crippen LogP contribution in [0.5, 0.6) is 0 Å². The van der Waals surface area contributed by atoms with Gasteiger partial charge in [0, 0.05) is 29.8 Å². The summed E-state index contributed by atoms with van der Waals surface area (Å²) in [4.78, 5) is 0. The van der Waals surface area contributed by atoms with Crippen molar-refractivity contribution in [1.29, 1.82) is 0 Å². The largest absolute Gasteiger partial charge is 0.316 e. The van der Waals surface area contributed by atoms with E-state index < -0.39 is 0 Å². The van der Waals surface area contributed by atoms with Gasteiger partial charge in [0.15, 0.2) is 0 Å². The first-order valence-corrected chi connectivity index (χ1v) is 6.37. The van der Waals surface area contributed by atoms with Gasteiger partial charge < -0.3 is 5.32 Å². The van der Waals surface area contributed by atoms with E-state index in [-0.39, 0.29) is 0 Å².